The van der Waals surface area contributed by atoms with Crippen molar-refractivity contribution in [3.8, 4) is 0 Å². The van der Waals surface area contributed by atoms with Crippen LogP contribution in [0.1, 0.15) is 37.1 Å². The van der Waals surface area contributed by atoms with Crippen LogP contribution in [0.4, 0.5) is 11.6 Å². The number of nitrogens with zero attached hydrogens (tertiary/aromatic N) is 3. The van der Waals surface area contributed by atoms with E-state index in [9.17, 15) is 5.11 Å². The first kappa shape index (κ1) is 14.5. The molecule has 1 atom stereocenters. The fraction of sp³-hybridized carbons (Fsp3) is 0.733. The lowest BCUT2D eigenvalue weighted by Crippen LogP contribution is -2.48. The van der Waals surface area contributed by atoms with Gasteiger partial charge in [0.05, 0.1) is 25.9 Å². The van der Waals surface area contributed by atoms with Crippen LogP contribution in [0, 0.1) is 6.92 Å². The van der Waals surface area contributed by atoms with Crippen LogP contribution in [0.5, 0.6) is 0 Å². The lowest BCUT2D eigenvalue weighted by molar-refractivity contribution is 0.0722. The topological polar surface area (TPSA) is 70.5 Å². The number of hydrogen-bond donors (Lipinski definition) is 2. The molecule has 0 bridgehead atoms. The molecule has 3 rings (SSSR count). The minimum absolute atomic E-state index is 0.0196. The smallest absolute Gasteiger partial charge is 0.137 e. The van der Waals surface area contributed by atoms with Gasteiger partial charge in [-0.25, -0.2) is 9.97 Å². The normalized spacial score (nSPS) is 22.4. The molecule has 0 aromatic carbocycles. The Hall–Kier alpha value is -1.40. The van der Waals surface area contributed by atoms with Crippen molar-refractivity contribution in [2.75, 3.05) is 43.1 Å². The Labute approximate surface area is 125 Å². The summed E-state index contributed by atoms with van der Waals surface area (Å²) < 4.78 is 5.47. The average molecular weight is 292 g/mol. The third-order valence-corrected chi connectivity index (χ3v) is 4.13. The summed E-state index contributed by atoms with van der Waals surface area (Å²) in [4.78, 5) is 11.7. The summed E-state index contributed by atoms with van der Waals surface area (Å²) >= 11 is 0. The number of aliphatic hydroxyl groups is 1. The maximum absolute atomic E-state index is 9.60. The predicted octanol–water partition coefficient (Wildman–Crippen LogP) is 1.29. The second kappa shape index (κ2) is 6.15. The number of anilines is 2. The minimum Gasteiger partial charge on any atom is -0.394 e. The lowest BCUT2D eigenvalue weighted by Gasteiger charge is -2.36. The highest BCUT2D eigenvalue weighted by atomic mass is 16.5. The van der Waals surface area contributed by atoms with Crippen LogP contribution in [-0.2, 0) is 4.74 Å². The van der Waals surface area contributed by atoms with Crippen LogP contribution in [-0.4, -0.2) is 54.0 Å². The highest BCUT2D eigenvalue weighted by molar-refractivity contribution is 5.59. The van der Waals surface area contributed by atoms with Crippen molar-refractivity contribution in [1.29, 1.82) is 0 Å². The van der Waals surface area contributed by atoms with Gasteiger partial charge in [-0.1, -0.05) is 0 Å². The molecule has 1 aromatic rings. The Morgan fingerprint density at radius 1 is 1.38 bits per heavy atom. The van der Waals surface area contributed by atoms with E-state index in [0.717, 1.165) is 36.1 Å². The molecule has 2 aliphatic rings. The van der Waals surface area contributed by atoms with Gasteiger partial charge in [0.15, 0.2) is 0 Å². The summed E-state index contributed by atoms with van der Waals surface area (Å²) in [6.07, 6.45) is 2.36. The number of aromatic nitrogens is 2. The molecule has 21 heavy (non-hydrogen) atoms. The van der Waals surface area contributed by atoms with Crippen LogP contribution >= 0.6 is 0 Å². The Balaban J connectivity index is 1.98. The second-order valence-electron chi connectivity index (χ2n) is 5.79. The van der Waals surface area contributed by atoms with Gasteiger partial charge in [0.2, 0.25) is 0 Å². The molecule has 2 heterocycles. The number of ether oxygens (including phenoxy) is 1. The lowest BCUT2D eigenvalue weighted by atomic mass is 10.2. The third-order valence-electron chi connectivity index (χ3n) is 4.13. The fourth-order valence-corrected chi connectivity index (χ4v) is 2.75. The molecule has 1 saturated carbocycles. The molecule has 6 heteroatoms. The zero-order chi connectivity index (χ0) is 14.8. The Morgan fingerprint density at radius 3 is 2.86 bits per heavy atom. The molecule has 1 aliphatic carbocycles. The first-order chi connectivity index (χ1) is 10.2. The van der Waals surface area contributed by atoms with Crippen LogP contribution in [0.2, 0.25) is 0 Å². The van der Waals surface area contributed by atoms with E-state index in [0.29, 0.717) is 19.1 Å². The fourth-order valence-electron chi connectivity index (χ4n) is 2.75. The molecular weight excluding hydrogens is 268 g/mol. The van der Waals surface area contributed by atoms with E-state index in [1.165, 1.54) is 12.8 Å². The van der Waals surface area contributed by atoms with Crippen molar-refractivity contribution in [1.82, 2.24) is 9.97 Å². The van der Waals surface area contributed by atoms with Crippen molar-refractivity contribution >= 4 is 11.6 Å². The summed E-state index contributed by atoms with van der Waals surface area (Å²) in [6.45, 7) is 7.03. The molecule has 2 N–H and O–H groups in total. The van der Waals surface area contributed by atoms with Gasteiger partial charge in [-0.2, -0.15) is 0 Å². The van der Waals surface area contributed by atoms with Gasteiger partial charge >= 0.3 is 0 Å². The first-order valence-electron chi connectivity index (χ1n) is 7.82. The largest absolute Gasteiger partial charge is 0.394 e. The molecule has 0 radical (unpaired) electrons. The van der Waals surface area contributed by atoms with E-state index >= 15 is 0 Å². The average Bonchev–Trinajstić information content (AvgIpc) is 3.34. The van der Waals surface area contributed by atoms with Crippen molar-refractivity contribution < 1.29 is 9.84 Å². The number of morpholine rings is 1. The number of aliphatic hydroxyl groups excluding tert-OH is 1. The van der Waals surface area contributed by atoms with Gasteiger partial charge in [-0.15, -0.1) is 0 Å². The molecule has 1 saturated heterocycles. The van der Waals surface area contributed by atoms with Crippen molar-refractivity contribution in [3.05, 3.63) is 11.4 Å². The zero-order valence-corrected chi connectivity index (χ0v) is 12.8. The van der Waals surface area contributed by atoms with Gasteiger partial charge in [0.1, 0.15) is 17.5 Å². The van der Waals surface area contributed by atoms with Crippen molar-refractivity contribution in [2.45, 2.75) is 38.6 Å². The summed E-state index contributed by atoms with van der Waals surface area (Å²) in [7, 11) is 0. The number of hydrogen-bond acceptors (Lipinski definition) is 6. The molecule has 1 unspecified atom stereocenters. The van der Waals surface area contributed by atoms with E-state index in [4.69, 9.17) is 9.72 Å². The molecule has 1 aliphatic heterocycles. The van der Waals surface area contributed by atoms with Gasteiger partial charge in [0.25, 0.3) is 0 Å². The summed E-state index contributed by atoms with van der Waals surface area (Å²) in [5.74, 6) is 3.32. The van der Waals surface area contributed by atoms with Crippen molar-refractivity contribution in [2.24, 2.45) is 0 Å². The number of nitrogens with one attached hydrogen (secondary N) is 1. The second-order valence-corrected chi connectivity index (χ2v) is 5.79. The standard InChI is InChI=1S/C15H24N4O2/c1-3-16-13-10(2)15(18-14(17-13)11-4-5-11)19-6-7-21-9-12(19)8-20/h11-12,20H,3-9H2,1-2H3,(H,16,17,18). The van der Waals surface area contributed by atoms with E-state index in [1.54, 1.807) is 0 Å². The Kier molecular flexibility index (Phi) is 4.26. The SMILES string of the molecule is CCNc1nc(C2CC2)nc(N2CCOCC2CO)c1C. The molecule has 0 amide bonds. The Morgan fingerprint density at radius 2 is 2.19 bits per heavy atom. The van der Waals surface area contributed by atoms with E-state index in [-0.39, 0.29) is 12.6 Å². The van der Waals surface area contributed by atoms with Gasteiger partial charge in [-0.3, -0.25) is 0 Å². The number of rotatable bonds is 5. The van der Waals surface area contributed by atoms with Crippen LogP contribution < -0.4 is 10.2 Å². The molecule has 6 nitrogen and oxygen atoms in total. The summed E-state index contributed by atoms with van der Waals surface area (Å²) in [6, 6.07) is -0.0196. The van der Waals surface area contributed by atoms with Gasteiger partial charge < -0.3 is 20.1 Å². The summed E-state index contributed by atoms with van der Waals surface area (Å²) in [5.41, 5.74) is 1.06. The van der Waals surface area contributed by atoms with Crippen molar-refractivity contribution in [3.63, 3.8) is 0 Å². The first-order valence-corrected chi connectivity index (χ1v) is 7.82. The van der Waals surface area contributed by atoms with Crippen LogP contribution in [0.15, 0.2) is 0 Å². The van der Waals surface area contributed by atoms with E-state index < -0.39 is 0 Å². The monoisotopic (exact) mass is 292 g/mol. The van der Waals surface area contributed by atoms with E-state index in [1.807, 2.05) is 6.92 Å². The highest BCUT2D eigenvalue weighted by Crippen LogP contribution is 2.40. The molecule has 116 valence electrons. The maximum atomic E-state index is 9.60. The molecule has 0 spiro atoms. The maximum Gasteiger partial charge on any atom is 0.137 e. The third kappa shape index (κ3) is 2.96. The molecule has 1 aromatic heterocycles. The molecule has 2 fully saturated rings. The van der Waals surface area contributed by atoms with Gasteiger partial charge in [0, 0.05) is 24.6 Å². The zero-order valence-electron chi connectivity index (χ0n) is 12.8. The van der Waals surface area contributed by atoms with E-state index in [2.05, 4.69) is 22.1 Å². The minimum atomic E-state index is -0.0196. The predicted molar refractivity (Wildman–Crippen MR) is 81.9 cm³/mol. The quantitative estimate of drug-likeness (QED) is 0.852. The van der Waals surface area contributed by atoms with Crippen LogP contribution in [0.25, 0.3) is 0 Å². The molecular formula is C15H24N4O2. The highest BCUT2D eigenvalue weighted by Gasteiger charge is 2.31. The van der Waals surface area contributed by atoms with Gasteiger partial charge in [-0.05, 0) is 26.7 Å². The summed E-state index contributed by atoms with van der Waals surface area (Å²) in [5, 5.41) is 12.9. The Bertz CT molecular complexity index is 505. The van der Waals surface area contributed by atoms with Crippen LogP contribution in [0.3, 0.4) is 0 Å².